The summed E-state index contributed by atoms with van der Waals surface area (Å²) in [5, 5.41) is 22.5. The number of aliphatic hydroxyl groups is 1. The summed E-state index contributed by atoms with van der Waals surface area (Å²) in [6.07, 6.45) is 0.882. The molecule has 3 aromatic rings. The number of tetrazole rings is 1. The van der Waals surface area contributed by atoms with Gasteiger partial charge in [0.15, 0.2) is 0 Å². The van der Waals surface area contributed by atoms with Crippen molar-refractivity contribution in [2.24, 2.45) is 11.3 Å². The molecule has 5 rings (SSSR count). The second-order valence-electron chi connectivity index (χ2n) is 8.12. The Morgan fingerprint density at radius 1 is 1.07 bits per heavy atom. The maximum Gasteiger partial charge on any atom is 0.245 e. The number of aromatic nitrogens is 4. The fraction of sp³-hybridized carbons (Fsp3) is 0.409. The zero-order valence-corrected chi connectivity index (χ0v) is 16.3. The maximum absolute atomic E-state index is 10.1. The van der Waals surface area contributed by atoms with Crippen molar-refractivity contribution in [3.05, 3.63) is 60.2 Å². The van der Waals surface area contributed by atoms with Gasteiger partial charge in [-0.3, -0.25) is 0 Å². The van der Waals surface area contributed by atoms with E-state index in [-0.39, 0.29) is 12.0 Å². The fourth-order valence-electron chi connectivity index (χ4n) is 4.59. The number of rotatable bonds is 5. The monoisotopic (exact) mass is 391 g/mol. The molecule has 0 saturated carbocycles. The topological polar surface area (TPSA) is 76.3 Å². The van der Waals surface area contributed by atoms with Crippen molar-refractivity contribution in [1.82, 2.24) is 20.2 Å². The van der Waals surface area contributed by atoms with E-state index in [4.69, 9.17) is 4.74 Å². The molecule has 2 atom stereocenters. The molecule has 0 aliphatic carbocycles. The van der Waals surface area contributed by atoms with Gasteiger partial charge >= 0.3 is 0 Å². The number of anilines is 1. The lowest BCUT2D eigenvalue weighted by Gasteiger charge is -2.36. The van der Waals surface area contributed by atoms with E-state index in [9.17, 15) is 5.11 Å². The quantitative estimate of drug-likeness (QED) is 0.719. The summed E-state index contributed by atoms with van der Waals surface area (Å²) in [6, 6.07) is 18.9. The average molecular weight is 391 g/mol. The van der Waals surface area contributed by atoms with Gasteiger partial charge in [-0.1, -0.05) is 59.7 Å². The molecule has 2 aliphatic heterocycles. The van der Waals surface area contributed by atoms with Crippen LogP contribution in [-0.4, -0.2) is 58.2 Å². The van der Waals surface area contributed by atoms with Crippen LogP contribution in [0.3, 0.4) is 0 Å². The molecule has 0 bridgehead atoms. The molecule has 7 nitrogen and oxygen atoms in total. The SMILES string of the molecule is OC[C@]12CCOC[C@H]1CN(c1nnnn1Cc1ccc(-c3ccccc3)cc1)C2. The molecule has 2 aliphatic rings. The summed E-state index contributed by atoms with van der Waals surface area (Å²) in [6.45, 7) is 3.78. The van der Waals surface area contributed by atoms with E-state index in [0.717, 1.165) is 31.0 Å². The van der Waals surface area contributed by atoms with E-state index in [1.807, 2.05) is 10.7 Å². The highest BCUT2D eigenvalue weighted by Crippen LogP contribution is 2.42. The highest BCUT2D eigenvalue weighted by Gasteiger charge is 2.49. The number of benzene rings is 2. The first kappa shape index (κ1) is 18.3. The van der Waals surface area contributed by atoms with Crippen LogP contribution in [0.1, 0.15) is 12.0 Å². The largest absolute Gasteiger partial charge is 0.396 e. The molecule has 150 valence electrons. The summed E-state index contributed by atoms with van der Waals surface area (Å²) < 4.78 is 7.50. The molecular formula is C22H25N5O2. The Bertz CT molecular complexity index is 959. The Hall–Kier alpha value is -2.77. The number of ether oxygens (including phenoxy) is 1. The van der Waals surface area contributed by atoms with Crippen molar-refractivity contribution in [2.45, 2.75) is 13.0 Å². The highest BCUT2D eigenvalue weighted by molar-refractivity contribution is 5.63. The van der Waals surface area contributed by atoms with E-state index in [1.165, 1.54) is 11.1 Å². The van der Waals surface area contributed by atoms with Crippen molar-refractivity contribution in [1.29, 1.82) is 0 Å². The minimum atomic E-state index is -0.105. The van der Waals surface area contributed by atoms with Crippen LogP contribution in [-0.2, 0) is 11.3 Å². The van der Waals surface area contributed by atoms with E-state index in [0.29, 0.717) is 25.7 Å². The molecule has 2 aromatic carbocycles. The van der Waals surface area contributed by atoms with E-state index >= 15 is 0 Å². The Morgan fingerprint density at radius 3 is 2.62 bits per heavy atom. The average Bonchev–Trinajstić information content (AvgIpc) is 3.39. The zero-order valence-electron chi connectivity index (χ0n) is 16.3. The normalized spacial score (nSPS) is 23.9. The molecule has 1 N–H and O–H groups in total. The molecule has 3 heterocycles. The van der Waals surface area contributed by atoms with Crippen LogP contribution in [0.5, 0.6) is 0 Å². The lowest BCUT2D eigenvalue weighted by molar-refractivity contribution is -0.0410. The van der Waals surface area contributed by atoms with Crippen molar-refractivity contribution >= 4 is 5.95 Å². The smallest absolute Gasteiger partial charge is 0.245 e. The summed E-state index contributed by atoms with van der Waals surface area (Å²) in [5.74, 6) is 1.08. The summed E-state index contributed by atoms with van der Waals surface area (Å²) in [5.41, 5.74) is 3.44. The molecule has 0 amide bonds. The van der Waals surface area contributed by atoms with Crippen LogP contribution in [0, 0.1) is 11.3 Å². The number of hydrogen-bond acceptors (Lipinski definition) is 6. The van der Waals surface area contributed by atoms with Gasteiger partial charge in [-0.15, -0.1) is 0 Å². The van der Waals surface area contributed by atoms with Crippen LogP contribution < -0.4 is 4.90 Å². The van der Waals surface area contributed by atoms with Crippen molar-refractivity contribution in [3.8, 4) is 11.1 Å². The zero-order chi connectivity index (χ0) is 19.7. The Balaban J connectivity index is 1.33. The third-order valence-corrected chi connectivity index (χ3v) is 6.38. The number of hydrogen-bond donors (Lipinski definition) is 1. The van der Waals surface area contributed by atoms with E-state index in [1.54, 1.807) is 0 Å². The van der Waals surface area contributed by atoms with Gasteiger partial charge in [0.25, 0.3) is 0 Å². The minimum absolute atomic E-state index is 0.105. The van der Waals surface area contributed by atoms with E-state index < -0.39 is 0 Å². The summed E-state index contributed by atoms with van der Waals surface area (Å²) >= 11 is 0. The van der Waals surface area contributed by atoms with Gasteiger partial charge in [0.2, 0.25) is 5.95 Å². The predicted octanol–water partition coefficient (Wildman–Crippen LogP) is 2.22. The third kappa shape index (κ3) is 3.41. The fourth-order valence-corrected chi connectivity index (χ4v) is 4.59. The molecule has 7 heteroatoms. The summed E-state index contributed by atoms with van der Waals surface area (Å²) in [7, 11) is 0. The molecule has 0 spiro atoms. The summed E-state index contributed by atoms with van der Waals surface area (Å²) in [4.78, 5) is 2.20. The van der Waals surface area contributed by atoms with E-state index in [2.05, 4.69) is 69.0 Å². The molecular weight excluding hydrogens is 366 g/mol. The molecule has 0 unspecified atom stereocenters. The minimum Gasteiger partial charge on any atom is -0.396 e. The van der Waals surface area contributed by atoms with Crippen LogP contribution >= 0.6 is 0 Å². The number of fused-ring (bicyclic) bond motifs is 1. The van der Waals surface area contributed by atoms with Gasteiger partial charge < -0.3 is 14.7 Å². The predicted molar refractivity (Wildman–Crippen MR) is 109 cm³/mol. The lowest BCUT2D eigenvalue weighted by atomic mass is 9.75. The molecule has 1 aromatic heterocycles. The maximum atomic E-state index is 10.1. The van der Waals surface area contributed by atoms with Crippen LogP contribution in [0.2, 0.25) is 0 Å². The second kappa shape index (κ2) is 7.57. The molecule has 29 heavy (non-hydrogen) atoms. The van der Waals surface area contributed by atoms with Crippen LogP contribution in [0.4, 0.5) is 5.95 Å². The van der Waals surface area contributed by atoms with Gasteiger partial charge in [-0.25, -0.2) is 4.68 Å². The van der Waals surface area contributed by atoms with Gasteiger partial charge in [-0.2, -0.15) is 0 Å². The molecule has 2 saturated heterocycles. The van der Waals surface area contributed by atoms with Crippen molar-refractivity contribution in [3.63, 3.8) is 0 Å². The Kier molecular flexibility index (Phi) is 4.77. The molecule has 2 fully saturated rings. The van der Waals surface area contributed by atoms with Crippen LogP contribution in [0.15, 0.2) is 54.6 Å². The first-order chi connectivity index (χ1) is 14.3. The number of nitrogens with zero attached hydrogens (tertiary/aromatic N) is 5. The standard InChI is InChI=1S/C22H25N5O2/c28-16-22-10-11-29-14-20(22)13-26(15-22)21-23-24-25-27(21)12-17-6-8-19(9-7-17)18-4-2-1-3-5-18/h1-9,20,28H,10-16H2/t20-,22-/m1/s1. The Morgan fingerprint density at radius 2 is 1.86 bits per heavy atom. The van der Waals surface area contributed by atoms with Crippen LogP contribution in [0.25, 0.3) is 11.1 Å². The third-order valence-electron chi connectivity index (χ3n) is 6.38. The second-order valence-corrected chi connectivity index (χ2v) is 8.12. The number of aliphatic hydroxyl groups excluding tert-OH is 1. The van der Waals surface area contributed by atoms with Gasteiger partial charge in [-0.05, 0) is 33.5 Å². The van der Waals surface area contributed by atoms with Gasteiger partial charge in [0.05, 0.1) is 19.8 Å². The lowest BCUT2D eigenvalue weighted by Crippen LogP contribution is -2.41. The Labute approximate surface area is 169 Å². The first-order valence-electron chi connectivity index (χ1n) is 10.1. The van der Waals surface area contributed by atoms with Gasteiger partial charge in [0, 0.05) is 31.0 Å². The van der Waals surface area contributed by atoms with Gasteiger partial charge in [0.1, 0.15) is 0 Å². The van der Waals surface area contributed by atoms with Crippen molar-refractivity contribution in [2.75, 3.05) is 37.8 Å². The first-order valence-corrected chi connectivity index (χ1v) is 10.1. The molecule has 0 radical (unpaired) electrons. The van der Waals surface area contributed by atoms with Crippen molar-refractivity contribution < 1.29 is 9.84 Å². The highest BCUT2D eigenvalue weighted by atomic mass is 16.5.